The molecule has 0 aliphatic carbocycles. The number of benzene rings is 1. The smallest absolute Gasteiger partial charge is 0.244 e. The Bertz CT molecular complexity index is 539. The summed E-state index contributed by atoms with van der Waals surface area (Å²) >= 11 is 3.25. The van der Waals surface area contributed by atoms with Crippen LogP contribution in [0, 0.1) is 0 Å². The maximum Gasteiger partial charge on any atom is 0.244 e. The standard InChI is InChI=1S/C11H17BrN2O4S.ClH/c1-17-9-7-10(18-2)11(6-8(9)12)19(15,16)14-5-3-4-13;/h6-7,14H,3-5,13H2,1-2H3;1H. The number of rotatable bonds is 7. The van der Waals surface area contributed by atoms with Gasteiger partial charge < -0.3 is 15.2 Å². The Morgan fingerprint density at radius 1 is 1.25 bits per heavy atom. The highest BCUT2D eigenvalue weighted by Crippen LogP contribution is 2.35. The van der Waals surface area contributed by atoms with Crippen molar-refractivity contribution in [1.82, 2.24) is 4.72 Å². The van der Waals surface area contributed by atoms with E-state index in [1.54, 1.807) is 0 Å². The highest BCUT2D eigenvalue weighted by atomic mass is 79.9. The number of halogens is 2. The van der Waals surface area contributed by atoms with E-state index in [-0.39, 0.29) is 29.6 Å². The molecule has 116 valence electrons. The zero-order chi connectivity index (χ0) is 14.5. The summed E-state index contributed by atoms with van der Waals surface area (Å²) in [5.41, 5.74) is 5.33. The van der Waals surface area contributed by atoms with Crippen molar-refractivity contribution in [2.24, 2.45) is 5.73 Å². The normalized spacial score (nSPS) is 10.8. The average Bonchev–Trinajstić information content (AvgIpc) is 2.38. The molecule has 0 radical (unpaired) electrons. The van der Waals surface area contributed by atoms with Crippen molar-refractivity contribution in [3.8, 4) is 11.5 Å². The van der Waals surface area contributed by atoms with Crippen molar-refractivity contribution in [3.63, 3.8) is 0 Å². The predicted molar refractivity (Wildman–Crippen MR) is 83.4 cm³/mol. The number of sulfonamides is 1. The molecule has 1 rings (SSSR count). The Labute approximate surface area is 133 Å². The molecule has 0 aliphatic rings. The molecule has 0 saturated heterocycles. The van der Waals surface area contributed by atoms with E-state index >= 15 is 0 Å². The fourth-order valence-electron chi connectivity index (χ4n) is 1.43. The summed E-state index contributed by atoms with van der Waals surface area (Å²) < 4.78 is 37.5. The lowest BCUT2D eigenvalue weighted by molar-refractivity contribution is 0.384. The number of ether oxygens (including phenoxy) is 2. The van der Waals surface area contributed by atoms with Crippen LogP contribution in [0.5, 0.6) is 11.5 Å². The van der Waals surface area contributed by atoms with Crippen LogP contribution in [0.3, 0.4) is 0 Å². The SMILES string of the molecule is COc1cc(OC)c(S(=O)(=O)NCCCN)cc1Br.Cl. The van der Waals surface area contributed by atoms with Crippen LogP contribution in [0.4, 0.5) is 0 Å². The first kappa shape index (κ1) is 19.5. The topological polar surface area (TPSA) is 90.6 Å². The molecule has 0 aliphatic heterocycles. The summed E-state index contributed by atoms with van der Waals surface area (Å²) in [6.45, 7) is 0.706. The molecular formula is C11H18BrClN2O4S. The van der Waals surface area contributed by atoms with E-state index in [1.807, 2.05) is 0 Å². The number of methoxy groups -OCH3 is 2. The van der Waals surface area contributed by atoms with Crippen molar-refractivity contribution in [2.45, 2.75) is 11.3 Å². The van der Waals surface area contributed by atoms with Crippen LogP contribution in [-0.4, -0.2) is 35.7 Å². The van der Waals surface area contributed by atoms with Gasteiger partial charge in [0, 0.05) is 12.6 Å². The van der Waals surface area contributed by atoms with Crippen LogP contribution in [0.25, 0.3) is 0 Å². The van der Waals surface area contributed by atoms with E-state index in [0.717, 1.165) is 0 Å². The third-order valence-corrected chi connectivity index (χ3v) is 4.50. The van der Waals surface area contributed by atoms with Crippen LogP contribution in [0.15, 0.2) is 21.5 Å². The van der Waals surface area contributed by atoms with Crippen molar-refractivity contribution in [1.29, 1.82) is 0 Å². The maximum atomic E-state index is 12.1. The van der Waals surface area contributed by atoms with E-state index in [1.165, 1.54) is 26.4 Å². The predicted octanol–water partition coefficient (Wildman–Crippen LogP) is 1.52. The third kappa shape index (κ3) is 4.78. The lowest BCUT2D eigenvalue weighted by Crippen LogP contribution is -2.26. The Morgan fingerprint density at radius 2 is 1.85 bits per heavy atom. The van der Waals surface area contributed by atoms with Gasteiger partial charge in [-0.15, -0.1) is 12.4 Å². The van der Waals surface area contributed by atoms with Gasteiger partial charge >= 0.3 is 0 Å². The monoisotopic (exact) mass is 388 g/mol. The second kappa shape index (κ2) is 8.68. The fourth-order valence-corrected chi connectivity index (χ4v) is 3.33. The first-order chi connectivity index (χ1) is 8.96. The molecule has 0 heterocycles. The summed E-state index contributed by atoms with van der Waals surface area (Å²) in [5.74, 6) is 0.720. The lowest BCUT2D eigenvalue weighted by atomic mass is 10.3. The Balaban J connectivity index is 0.00000361. The van der Waals surface area contributed by atoms with Gasteiger partial charge in [-0.25, -0.2) is 13.1 Å². The van der Waals surface area contributed by atoms with Gasteiger partial charge in [0.15, 0.2) is 0 Å². The largest absolute Gasteiger partial charge is 0.495 e. The molecular weight excluding hydrogens is 372 g/mol. The minimum absolute atomic E-state index is 0. The average molecular weight is 390 g/mol. The van der Waals surface area contributed by atoms with Crippen LogP contribution in [-0.2, 0) is 10.0 Å². The zero-order valence-corrected chi connectivity index (χ0v) is 14.4. The van der Waals surface area contributed by atoms with Crippen LogP contribution in [0.1, 0.15) is 6.42 Å². The van der Waals surface area contributed by atoms with Crippen LogP contribution < -0.4 is 19.9 Å². The van der Waals surface area contributed by atoms with E-state index in [9.17, 15) is 8.42 Å². The summed E-state index contributed by atoms with van der Waals surface area (Å²) in [7, 11) is -0.741. The highest BCUT2D eigenvalue weighted by molar-refractivity contribution is 9.10. The quantitative estimate of drug-likeness (QED) is 0.690. The lowest BCUT2D eigenvalue weighted by Gasteiger charge is -2.13. The molecule has 6 nitrogen and oxygen atoms in total. The first-order valence-electron chi connectivity index (χ1n) is 5.57. The molecule has 0 bridgehead atoms. The third-order valence-electron chi connectivity index (χ3n) is 2.40. The second-order valence-electron chi connectivity index (χ2n) is 3.68. The van der Waals surface area contributed by atoms with E-state index in [4.69, 9.17) is 15.2 Å². The van der Waals surface area contributed by atoms with Crippen LogP contribution in [0.2, 0.25) is 0 Å². The molecule has 1 aromatic rings. The van der Waals surface area contributed by atoms with Gasteiger partial charge in [-0.05, 0) is 35.0 Å². The Kier molecular flexibility index (Phi) is 8.45. The molecule has 3 N–H and O–H groups in total. The zero-order valence-electron chi connectivity index (χ0n) is 11.2. The van der Waals surface area contributed by atoms with Gasteiger partial charge in [0.1, 0.15) is 16.4 Å². The molecule has 20 heavy (non-hydrogen) atoms. The summed E-state index contributed by atoms with van der Waals surface area (Å²) in [4.78, 5) is 0.0553. The number of nitrogens with two attached hydrogens (primary N) is 1. The van der Waals surface area contributed by atoms with Crippen molar-refractivity contribution in [2.75, 3.05) is 27.3 Å². The minimum Gasteiger partial charge on any atom is -0.495 e. The first-order valence-corrected chi connectivity index (χ1v) is 7.85. The molecule has 0 amide bonds. The van der Waals surface area contributed by atoms with E-state index in [0.29, 0.717) is 23.2 Å². The van der Waals surface area contributed by atoms with Gasteiger partial charge in [0.25, 0.3) is 0 Å². The summed E-state index contributed by atoms with van der Waals surface area (Å²) in [6, 6.07) is 2.96. The molecule has 0 saturated carbocycles. The second-order valence-corrected chi connectivity index (χ2v) is 6.27. The molecule has 1 aromatic carbocycles. The minimum atomic E-state index is -3.64. The van der Waals surface area contributed by atoms with Gasteiger partial charge in [-0.3, -0.25) is 0 Å². The van der Waals surface area contributed by atoms with Crippen molar-refractivity contribution < 1.29 is 17.9 Å². The molecule has 9 heteroatoms. The fraction of sp³-hybridized carbons (Fsp3) is 0.455. The van der Waals surface area contributed by atoms with Crippen molar-refractivity contribution >= 4 is 38.4 Å². The number of hydrogen-bond acceptors (Lipinski definition) is 5. The Hall–Kier alpha value is -0.540. The van der Waals surface area contributed by atoms with E-state index < -0.39 is 10.0 Å². The van der Waals surface area contributed by atoms with E-state index in [2.05, 4.69) is 20.7 Å². The molecule has 0 fully saturated rings. The van der Waals surface area contributed by atoms with Crippen LogP contribution >= 0.6 is 28.3 Å². The Morgan fingerprint density at radius 3 is 2.35 bits per heavy atom. The summed E-state index contributed by atoms with van der Waals surface area (Å²) in [5, 5.41) is 0. The van der Waals surface area contributed by atoms with Gasteiger partial charge in [-0.1, -0.05) is 0 Å². The molecule has 0 spiro atoms. The molecule has 0 aromatic heterocycles. The molecule has 0 atom stereocenters. The van der Waals surface area contributed by atoms with Gasteiger partial charge in [0.05, 0.1) is 18.7 Å². The maximum absolute atomic E-state index is 12.1. The number of nitrogens with one attached hydrogen (secondary N) is 1. The highest BCUT2D eigenvalue weighted by Gasteiger charge is 2.21. The van der Waals surface area contributed by atoms with Gasteiger partial charge in [-0.2, -0.15) is 0 Å². The number of hydrogen-bond donors (Lipinski definition) is 2. The van der Waals surface area contributed by atoms with Gasteiger partial charge in [0.2, 0.25) is 10.0 Å². The summed E-state index contributed by atoms with van der Waals surface area (Å²) in [6.07, 6.45) is 0.568. The van der Waals surface area contributed by atoms with Crippen molar-refractivity contribution in [3.05, 3.63) is 16.6 Å². The molecule has 0 unspecified atom stereocenters.